The highest BCUT2D eigenvalue weighted by molar-refractivity contribution is 5.30. The minimum absolute atomic E-state index is 0.283. The molecule has 0 bridgehead atoms. The van der Waals surface area contributed by atoms with E-state index in [0.29, 0.717) is 12.2 Å². The van der Waals surface area contributed by atoms with Gasteiger partial charge in [0.25, 0.3) is 0 Å². The van der Waals surface area contributed by atoms with Crippen molar-refractivity contribution in [3.05, 3.63) is 58.3 Å². The number of nitrogens with zero attached hydrogens (tertiary/aromatic N) is 2. The van der Waals surface area contributed by atoms with Gasteiger partial charge in [-0.2, -0.15) is 4.98 Å². The van der Waals surface area contributed by atoms with Gasteiger partial charge < -0.3 is 5.73 Å². The van der Waals surface area contributed by atoms with E-state index in [0.717, 1.165) is 5.56 Å². The maximum Gasteiger partial charge on any atom is 0.347 e. The smallest absolute Gasteiger partial charge is 0.347 e. The monoisotopic (exact) mass is 215 g/mol. The Labute approximate surface area is 93.4 Å². The fourth-order valence-electron chi connectivity index (χ4n) is 1.48. The standard InChI is InChI=1S/C12H13N3O/c1-9-2-4-10(5-3-9)7-15-8-11(13)6-14-12(15)16/h2-6,8H,7,13H2,1H3. The maximum absolute atomic E-state index is 11.4. The largest absolute Gasteiger partial charge is 0.396 e. The van der Waals surface area contributed by atoms with Crippen molar-refractivity contribution < 1.29 is 0 Å². The lowest BCUT2D eigenvalue weighted by Crippen LogP contribution is -2.23. The predicted octanol–water partition coefficient (Wildman–Crippen LogP) is 1.18. The molecule has 4 nitrogen and oxygen atoms in total. The Balaban J connectivity index is 2.30. The van der Waals surface area contributed by atoms with Crippen LogP contribution in [0.3, 0.4) is 0 Å². The van der Waals surface area contributed by atoms with E-state index in [4.69, 9.17) is 5.73 Å². The van der Waals surface area contributed by atoms with Crippen molar-refractivity contribution in [3.63, 3.8) is 0 Å². The van der Waals surface area contributed by atoms with Gasteiger partial charge in [-0.15, -0.1) is 0 Å². The predicted molar refractivity (Wildman–Crippen MR) is 63.2 cm³/mol. The third-order valence-corrected chi connectivity index (χ3v) is 2.35. The Bertz CT molecular complexity index is 543. The summed E-state index contributed by atoms with van der Waals surface area (Å²) in [5.41, 5.74) is 8.04. The van der Waals surface area contributed by atoms with Crippen LogP contribution in [0, 0.1) is 6.92 Å². The number of hydrogen-bond acceptors (Lipinski definition) is 3. The summed E-state index contributed by atoms with van der Waals surface area (Å²) in [7, 11) is 0. The Hall–Kier alpha value is -2.10. The second kappa shape index (κ2) is 4.18. The van der Waals surface area contributed by atoms with Gasteiger partial charge in [0.1, 0.15) is 0 Å². The van der Waals surface area contributed by atoms with Crippen molar-refractivity contribution >= 4 is 5.69 Å². The molecule has 82 valence electrons. The molecule has 0 aliphatic rings. The van der Waals surface area contributed by atoms with E-state index in [1.165, 1.54) is 16.3 Å². The van der Waals surface area contributed by atoms with Crippen LogP contribution < -0.4 is 11.4 Å². The summed E-state index contributed by atoms with van der Waals surface area (Å²) in [4.78, 5) is 15.1. The summed E-state index contributed by atoms with van der Waals surface area (Å²) in [5.74, 6) is 0. The van der Waals surface area contributed by atoms with Crippen LogP contribution in [-0.2, 0) is 6.54 Å². The van der Waals surface area contributed by atoms with Crippen LogP contribution in [-0.4, -0.2) is 9.55 Å². The lowest BCUT2D eigenvalue weighted by atomic mass is 10.1. The summed E-state index contributed by atoms with van der Waals surface area (Å²) in [6.07, 6.45) is 2.98. The molecule has 16 heavy (non-hydrogen) atoms. The Morgan fingerprint density at radius 3 is 2.69 bits per heavy atom. The van der Waals surface area contributed by atoms with E-state index in [1.54, 1.807) is 6.20 Å². The molecule has 0 radical (unpaired) electrons. The first-order valence-electron chi connectivity index (χ1n) is 5.02. The van der Waals surface area contributed by atoms with Crippen LogP contribution in [0.1, 0.15) is 11.1 Å². The molecule has 0 saturated carbocycles. The first-order chi connectivity index (χ1) is 7.65. The van der Waals surface area contributed by atoms with Crippen LogP contribution in [0.5, 0.6) is 0 Å². The van der Waals surface area contributed by atoms with Crippen molar-refractivity contribution in [2.75, 3.05) is 5.73 Å². The summed E-state index contributed by atoms with van der Waals surface area (Å²) in [6.45, 7) is 2.52. The highest BCUT2D eigenvalue weighted by Gasteiger charge is 1.99. The van der Waals surface area contributed by atoms with E-state index in [9.17, 15) is 4.79 Å². The molecule has 1 aromatic carbocycles. The van der Waals surface area contributed by atoms with E-state index in [1.807, 2.05) is 31.2 Å². The summed E-state index contributed by atoms with van der Waals surface area (Å²) >= 11 is 0. The number of hydrogen-bond donors (Lipinski definition) is 1. The van der Waals surface area contributed by atoms with E-state index < -0.39 is 0 Å². The molecule has 0 spiro atoms. The van der Waals surface area contributed by atoms with Crippen LogP contribution >= 0.6 is 0 Å². The Kier molecular flexibility index (Phi) is 2.72. The zero-order valence-electron chi connectivity index (χ0n) is 9.05. The second-order valence-corrected chi connectivity index (χ2v) is 3.78. The Morgan fingerprint density at radius 1 is 1.31 bits per heavy atom. The SMILES string of the molecule is Cc1ccc(Cn2cc(N)cnc2=O)cc1. The molecule has 0 aliphatic carbocycles. The van der Waals surface area contributed by atoms with Gasteiger partial charge in [0.15, 0.2) is 0 Å². The molecular weight excluding hydrogens is 202 g/mol. The molecule has 1 aromatic heterocycles. The van der Waals surface area contributed by atoms with Gasteiger partial charge in [-0.25, -0.2) is 4.79 Å². The average Bonchev–Trinajstić information content (AvgIpc) is 2.27. The van der Waals surface area contributed by atoms with Gasteiger partial charge in [0.05, 0.1) is 18.4 Å². The fourth-order valence-corrected chi connectivity index (χ4v) is 1.48. The first-order valence-corrected chi connectivity index (χ1v) is 5.02. The number of nitrogens with two attached hydrogens (primary N) is 1. The molecule has 1 heterocycles. The summed E-state index contributed by atoms with van der Waals surface area (Å²) in [6, 6.07) is 8.01. The number of nitrogen functional groups attached to an aromatic ring is 1. The zero-order chi connectivity index (χ0) is 11.5. The molecule has 0 aliphatic heterocycles. The number of aryl methyl sites for hydroxylation is 1. The van der Waals surface area contributed by atoms with E-state index in [2.05, 4.69) is 4.98 Å². The number of rotatable bonds is 2. The quantitative estimate of drug-likeness (QED) is 0.818. The third kappa shape index (κ3) is 2.28. The maximum atomic E-state index is 11.4. The third-order valence-electron chi connectivity index (χ3n) is 2.35. The van der Waals surface area contributed by atoms with Crippen molar-refractivity contribution in [1.82, 2.24) is 9.55 Å². The molecule has 0 amide bonds. The van der Waals surface area contributed by atoms with Crippen molar-refractivity contribution in [1.29, 1.82) is 0 Å². The van der Waals surface area contributed by atoms with Gasteiger partial charge in [-0.05, 0) is 12.5 Å². The fraction of sp³-hybridized carbons (Fsp3) is 0.167. The topological polar surface area (TPSA) is 60.9 Å². The van der Waals surface area contributed by atoms with E-state index >= 15 is 0 Å². The normalized spacial score (nSPS) is 10.3. The minimum Gasteiger partial charge on any atom is -0.396 e. The molecule has 4 heteroatoms. The van der Waals surface area contributed by atoms with E-state index in [-0.39, 0.29) is 5.69 Å². The first kappa shape index (κ1) is 10.4. The van der Waals surface area contributed by atoms with Gasteiger partial charge in [0, 0.05) is 6.20 Å². The van der Waals surface area contributed by atoms with Crippen LogP contribution in [0.4, 0.5) is 5.69 Å². The molecule has 0 unspecified atom stereocenters. The molecule has 2 N–H and O–H groups in total. The molecule has 2 aromatic rings. The number of anilines is 1. The molecule has 0 atom stereocenters. The number of aromatic nitrogens is 2. The van der Waals surface area contributed by atoms with Crippen LogP contribution in [0.25, 0.3) is 0 Å². The molecular formula is C12H13N3O. The van der Waals surface area contributed by atoms with Gasteiger partial charge in [0.2, 0.25) is 0 Å². The molecule has 2 rings (SSSR count). The highest BCUT2D eigenvalue weighted by atomic mass is 16.1. The molecule has 0 saturated heterocycles. The second-order valence-electron chi connectivity index (χ2n) is 3.78. The minimum atomic E-state index is -0.283. The molecule has 0 fully saturated rings. The van der Waals surface area contributed by atoms with Crippen molar-refractivity contribution in [2.45, 2.75) is 13.5 Å². The van der Waals surface area contributed by atoms with Crippen LogP contribution in [0.15, 0.2) is 41.5 Å². The van der Waals surface area contributed by atoms with Gasteiger partial charge in [-0.3, -0.25) is 4.57 Å². The lowest BCUT2D eigenvalue weighted by molar-refractivity contribution is 0.729. The zero-order valence-corrected chi connectivity index (χ0v) is 9.05. The summed E-state index contributed by atoms with van der Waals surface area (Å²) in [5, 5.41) is 0. The Morgan fingerprint density at radius 2 is 2.00 bits per heavy atom. The average molecular weight is 215 g/mol. The highest BCUT2D eigenvalue weighted by Crippen LogP contribution is 2.05. The lowest BCUT2D eigenvalue weighted by Gasteiger charge is -2.05. The number of benzene rings is 1. The van der Waals surface area contributed by atoms with Gasteiger partial charge >= 0.3 is 5.69 Å². The van der Waals surface area contributed by atoms with Crippen LogP contribution in [0.2, 0.25) is 0 Å². The van der Waals surface area contributed by atoms with Crippen molar-refractivity contribution in [3.8, 4) is 0 Å². The van der Waals surface area contributed by atoms with Gasteiger partial charge in [-0.1, -0.05) is 29.8 Å². The summed E-state index contributed by atoms with van der Waals surface area (Å²) < 4.78 is 1.50. The van der Waals surface area contributed by atoms with Crippen molar-refractivity contribution in [2.24, 2.45) is 0 Å².